The van der Waals surface area contributed by atoms with Crippen molar-refractivity contribution in [1.82, 2.24) is 4.98 Å². The lowest BCUT2D eigenvalue weighted by Crippen LogP contribution is -2.16. The summed E-state index contributed by atoms with van der Waals surface area (Å²) < 4.78 is 83.2. The van der Waals surface area contributed by atoms with Gasteiger partial charge in [-0.15, -0.1) is 22.7 Å². The summed E-state index contributed by atoms with van der Waals surface area (Å²) in [4.78, 5) is 19.2. The van der Waals surface area contributed by atoms with Crippen LogP contribution in [0.15, 0.2) is 119 Å². The van der Waals surface area contributed by atoms with E-state index < -0.39 is 23.5 Å². The Balaban J connectivity index is 1.29. The lowest BCUT2D eigenvalue weighted by Gasteiger charge is -2.12. The summed E-state index contributed by atoms with van der Waals surface area (Å²) in [6.07, 6.45) is -9.03. The molecule has 3 aromatic heterocycles. The fraction of sp³-hybridized carbons (Fsp3) is 0.143. The largest absolute Gasteiger partial charge is 0.416 e. The van der Waals surface area contributed by atoms with Crippen molar-refractivity contribution in [3.8, 4) is 32.0 Å². The number of anilines is 2. The highest BCUT2D eigenvalue weighted by Gasteiger charge is 2.32. The van der Waals surface area contributed by atoms with Crippen LogP contribution in [-0.2, 0) is 12.4 Å². The van der Waals surface area contributed by atoms with Crippen molar-refractivity contribution < 1.29 is 26.3 Å². The molecule has 0 fully saturated rings. The normalized spacial score (nSPS) is 13.8. The molecule has 0 spiro atoms. The quantitative estimate of drug-likeness (QED) is 0.164. The predicted molar refractivity (Wildman–Crippen MR) is 212 cm³/mol. The molecular weight excluding hydrogens is 753 g/mol. The second kappa shape index (κ2) is 13.6. The van der Waals surface area contributed by atoms with Crippen LogP contribution in [0.4, 0.5) is 43.5 Å². The number of aliphatic imine (C=N–C) groups is 1. The summed E-state index contributed by atoms with van der Waals surface area (Å²) in [5.41, 5.74) is 5.37. The van der Waals surface area contributed by atoms with Crippen molar-refractivity contribution in [2.75, 3.05) is 38.0 Å². The van der Waals surface area contributed by atoms with E-state index in [1.807, 2.05) is 98.7 Å². The van der Waals surface area contributed by atoms with Crippen LogP contribution in [0.3, 0.4) is 0 Å². The molecule has 0 radical (unpaired) electrons. The third kappa shape index (κ3) is 6.94. The van der Waals surface area contributed by atoms with Gasteiger partial charge in [0.05, 0.1) is 31.2 Å². The van der Waals surface area contributed by atoms with Gasteiger partial charge in [0.15, 0.2) is 5.84 Å². The number of aromatic amines is 1. The maximum atomic E-state index is 13.6. The molecule has 1 aliphatic rings. The highest BCUT2D eigenvalue weighted by molar-refractivity contribution is 7.22. The average molecular weight is 784 g/mol. The molecule has 0 saturated carbocycles. The van der Waals surface area contributed by atoms with Gasteiger partial charge in [-0.3, -0.25) is 0 Å². The predicted octanol–water partition coefficient (Wildman–Crippen LogP) is 11.0. The van der Waals surface area contributed by atoms with Crippen molar-refractivity contribution in [3.05, 3.63) is 136 Å². The third-order valence-corrected chi connectivity index (χ3v) is 11.8. The molecule has 7 aromatic rings. The van der Waals surface area contributed by atoms with E-state index in [1.165, 1.54) is 46.9 Å². The Morgan fingerprint density at radius 2 is 1.05 bits per heavy atom. The summed E-state index contributed by atoms with van der Waals surface area (Å²) in [5, 5.41) is 0.623. The van der Waals surface area contributed by atoms with E-state index in [1.54, 1.807) is 0 Å². The monoisotopic (exact) mass is 783 g/mol. The minimum absolute atomic E-state index is 0.275. The van der Waals surface area contributed by atoms with Gasteiger partial charge < -0.3 is 14.8 Å². The molecule has 4 aromatic carbocycles. The Hall–Kier alpha value is -5.66. The van der Waals surface area contributed by atoms with E-state index in [2.05, 4.69) is 4.98 Å². The Kier molecular flexibility index (Phi) is 8.96. The summed E-state index contributed by atoms with van der Waals surface area (Å²) in [6.45, 7) is 0. The minimum atomic E-state index is -4.51. The van der Waals surface area contributed by atoms with Gasteiger partial charge >= 0.3 is 12.4 Å². The van der Waals surface area contributed by atoms with Crippen LogP contribution in [0.1, 0.15) is 16.7 Å². The Labute approximate surface area is 319 Å². The summed E-state index contributed by atoms with van der Waals surface area (Å²) >= 11 is 2.95. The molecule has 55 heavy (non-hydrogen) atoms. The molecule has 1 aliphatic heterocycles. The topological polar surface area (TPSA) is 47.0 Å². The maximum Gasteiger partial charge on any atom is 0.416 e. The zero-order valence-electron chi connectivity index (χ0n) is 29.8. The van der Waals surface area contributed by atoms with Crippen molar-refractivity contribution in [3.63, 3.8) is 0 Å². The van der Waals surface area contributed by atoms with E-state index in [-0.39, 0.29) is 5.84 Å². The van der Waals surface area contributed by atoms with E-state index >= 15 is 0 Å². The molecule has 8 rings (SSSR count). The molecular formula is C42H31F6N5S2. The van der Waals surface area contributed by atoms with Crippen molar-refractivity contribution in [2.45, 2.75) is 12.4 Å². The first-order chi connectivity index (χ1) is 26.1. The van der Waals surface area contributed by atoms with Crippen molar-refractivity contribution in [2.24, 2.45) is 9.98 Å². The van der Waals surface area contributed by atoms with Gasteiger partial charge in [0, 0.05) is 60.5 Å². The van der Waals surface area contributed by atoms with Crippen LogP contribution in [0.2, 0.25) is 0 Å². The van der Waals surface area contributed by atoms with Gasteiger partial charge in [-0.2, -0.15) is 26.3 Å². The number of H-pyrrole nitrogens is 1. The number of nitrogens with zero attached hydrogens (tertiary/aromatic N) is 4. The molecule has 1 N–H and O–H groups in total. The summed E-state index contributed by atoms with van der Waals surface area (Å²) in [7, 11) is 7.84. The lowest BCUT2D eigenvalue weighted by atomic mass is 10.0. The van der Waals surface area contributed by atoms with Gasteiger partial charge in [-0.1, -0.05) is 48.5 Å². The van der Waals surface area contributed by atoms with Crippen molar-refractivity contribution >= 4 is 61.5 Å². The summed E-state index contributed by atoms with van der Waals surface area (Å²) in [5.74, 6) is 0.644. The van der Waals surface area contributed by atoms with Crippen LogP contribution in [-0.4, -0.2) is 39.0 Å². The molecule has 0 aliphatic carbocycles. The summed E-state index contributed by atoms with van der Waals surface area (Å²) in [6, 6.07) is 29.9. The first-order valence-electron chi connectivity index (χ1n) is 17.0. The third-order valence-electron chi connectivity index (χ3n) is 9.39. The molecule has 0 bridgehead atoms. The van der Waals surface area contributed by atoms with Crippen LogP contribution >= 0.6 is 22.7 Å². The van der Waals surface area contributed by atoms with Gasteiger partial charge in [0.1, 0.15) is 5.82 Å². The standard InChI is InChI=1S/C42H31F6N5S2/c1-52(2)29-17-9-23(10-18-29)33-21-31-37(54-33)35(25-5-13-27(14-6-25)41(43,44)45)39(49-31)51-40-36(26-7-15-28(16-8-26)42(46,47)48)38-32(50-40)22-34(55-38)24-11-19-30(20-12-24)53(3)4/h5-22,49H,1-4H3. The molecule has 0 amide bonds. The lowest BCUT2D eigenvalue weighted by molar-refractivity contribution is -0.138. The number of hydrogen-bond donors (Lipinski definition) is 1. The second-order valence-electron chi connectivity index (χ2n) is 13.5. The van der Waals surface area contributed by atoms with Crippen LogP contribution in [0.25, 0.3) is 47.8 Å². The number of amidine groups is 1. The molecule has 5 nitrogen and oxygen atoms in total. The number of thiophene rings is 2. The van der Waals surface area contributed by atoms with E-state index in [9.17, 15) is 26.3 Å². The Morgan fingerprint density at radius 3 is 1.55 bits per heavy atom. The van der Waals surface area contributed by atoms with Crippen molar-refractivity contribution in [1.29, 1.82) is 0 Å². The van der Waals surface area contributed by atoms with Crippen LogP contribution in [0, 0.1) is 0 Å². The van der Waals surface area contributed by atoms with Gasteiger partial charge in [0.25, 0.3) is 0 Å². The van der Waals surface area contributed by atoms with E-state index in [4.69, 9.17) is 9.98 Å². The Bertz CT molecular complexity index is 2700. The van der Waals surface area contributed by atoms with Gasteiger partial charge in [0.2, 0.25) is 0 Å². The first-order valence-corrected chi connectivity index (χ1v) is 18.7. The molecule has 0 unspecified atom stereocenters. The molecule has 0 atom stereocenters. The average Bonchev–Trinajstić information content (AvgIpc) is 3.91. The molecule has 13 heteroatoms. The fourth-order valence-corrected chi connectivity index (χ4v) is 8.82. The highest BCUT2D eigenvalue weighted by Crippen LogP contribution is 2.46. The molecule has 278 valence electrons. The number of benzene rings is 4. The number of nitrogens with one attached hydrogen (secondary N) is 1. The zero-order valence-corrected chi connectivity index (χ0v) is 31.4. The molecule has 4 heterocycles. The van der Waals surface area contributed by atoms with Crippen LogP contribution in [0.5, 0.6) is 0 Å². The number of rotatable bonds is 7. The molecule has 0 saturated heterocycles. The van der Waals surface area contributed by atoms with Gasteiger partial charge in [-0.05, 0) is 82.9 Å². The number of halogens is 6. The van der Waals surface area contributed by atoms with Gasteiger partial charge in [-0.25, -0.2) is 9.98 Å². The number of hydrogen-bond acceptors (Lipinski definition) is 5. The minimum Gasteiger partial charge on any atom is -0.378 e. The van der Waals surface area contributed by atoms with E-state index in [0.717, 1.165) is 71.3 Å². The first kappa shape index (κ1) is 36.3. The second-order valence-corrected chi connectivity index (χ2v) is 15.6. The smallest absolute Gasteiger partial charge is 0.378 e. The van der Waals surface area contributed by atoms with E-state index in [0.29, 0.717) is 33.4 Å². The SMILES string of the molecule is CN(C)c1ccc(-c2cc3c(s2)=C(c2ccc(C(F)(F)F)cc2)C(=Nc2[nH]c4cc(-c5ccc(N(C)C)cc5)sc4c2-c2ccc(C(F)(F)F)cc2)N=3)cc1. The zero-order chi connectivity index (χ0) is 38.8. The number of aromatic nitrogens is 1. The highest BCUT2D eigenvalue weighted by atomic mass is 32.1. The Morgan fingerprint density at radius 1 is 0.582 bits per heavy atom. The van der Waals surface area contributed by atoms with Crippen LogP contribution < -0.4 is 19.7 Å². The number of alkyl halides is 6. The fourth-order valence-electron chi connectivity index (χ4n) is 6.46. The number of fused-ring (bicyclic) bond motifs is 2. The maximum absolute atomic E-state index is 13.6.